The van der Waals surface area contributed by atoms with Crippen LogP contribution in [0.5, 0.6) is 0 Å². The van der Waals surface area contributed by atoms with E-state index in [1.807, 2.05) is 0 Å². The molecular formula is C14H16FN3O4S2. The number of carbonyl (C=O) groups is 1. The first kappa shape index (κ1) is 18.3. The molecule has 1 aromatic heterocycles. The number of thiazole rings is 1. The second-order valence-corrected chi connectivity index (χ2v) is 7.42. The molecule has 2 rings (SSSR count). The van der Waals surface area contributed by atoms with Gasteiger partial charge < -0.3 is 10.1 Å². The molecule has 0 saturated carbocycles. The van der Waals surface area contributed by atoms with Crippen molar-refractivity contribution in [2.75, 3.05) is 25.0 Å². The maximum Gasteiger partial charge on any atom is 0.263 e. The number of hydrogen-bond acceptors (Lipinski definition) is 6. The van der Waals surface area contributed by atoms with Crippen LogP contribution < -0.4 is 10.0 Å². The number of aryl methyl sites for hydroxylation is 1. The van der Waals surface area contributed by atoms with Crippen molar-refractivity contribution in [2.45, 2.75) is 11.8 Å². The molecule has 0 spiro atoms. The molecule has 0 saturated heterocycles. The number of aromatic nitrogens is 1. The number of sulfonamides is 1. The van der Waals surface area contributed by atoms with Crippen molar-refractivity contribution in [1.29, 1.82) is 0 Å². The first-order valence-corrected chi connectivity index (χ1v) is 9.16. The monoisotopic (exact) mass is 373 g/mol. The summed E-state index contributed by atoms with van der Waals surface area (Å²) >= 11 is 0.922. The lowest BCUT2D eigenvalue weighted by Crippen LogP contribution is -2.26. The molecule has 0 aliphatic carbocycles. The first-order chi connectivity index (χ1) is 11.3. The normalized spacial score (nSPS) is 11.3. The third kappa shape index (κ3) is 4.49. The van der Waals surface area contributed by atoms with Crippen LogP contribution in [-0.2, 0) is 14.8 Å². The number of nitrogens with one attached hydrogen (secondary N) is 2. The Labute approximate surface area is 142 Å². The van der Waals surface area contributed by atoms with Crippen LogP contribution in [-0.4, -0.2) is 39.6 Å². The van der Waals surface area contributed by atoms with Crippen LogP contribution in [0.25, 0.3) is 0 Å². The van der Waals surface area contributed by atoms with Gasteiger partial charge in [0.1, 0.15) is 10.7 Å². The van der Waals surface area contributed by atoms with Gasteiger partial charge in [-0.1, -0.05) is 11.3 Å². The fraction of sp³-hybridized carbons (Fsp3) is 0.286. The lowest BCUT2D eigenvalue weighted by atomic mass is 10.4. The van der Waals surface area contributed by atoms with Gasteiger partial charge in [-0.3, -0.25) is 9.52 Å². The Morgan fingerprint density at radius 1 is 1.33 bits per heavy atom. The third-order valence-corrected chi connectivity index (χ3v) is 5.50. The van der Waals surface area contributed by atoms with Gasteiger partial charge in [-0.2, -0.15) is 0 Å². The molecule has 0 unspecified atom stereocenters. The fourth-order valence-corrected chi connectivity index (χ4v) is 3.90. The minimum Gasteiger partial charge on any atom is -0.383 e. The highest BCUT2D eigenvalue weighted by atomic mass is 32.2. The molecule has 2 N–H and O–H groups in total. The maximum absolute atomic E-state index is 12.9. The van der Waals surface area contributed by atoms with Crippen LogP contribution in [0.4, 0.5) is 9.52 Å². The van der Waals surface area contributed by atoms with E-state index >= 15 is 0 Å². The van der Waals surface area contributed by atoms with Gasteiger partial charge in [0.25, 0.3) is 15.9 Å². The second kappa shape index (κ2) is 7.69. The molecule has 24 heavy (non-hydrogen) atoms. The van der Waals surface area contributed by atoms with E-state index in [1.54, 1.807) is 6.92 Å². The Kier molecular flexibility index (Phi) is 5.86. The number of rotatable bonds is 7. The number of nitrogens with zero attached hydrogens (tertiary/aromatic N) is 1. The number of benzene rings is 1. The standard InChI is InChI=1S/C14H16FN3O4S2/c1-9-12(13(19)16-7-8-22-2)23-14(17-9)18-24(20,21)11-5-3-10(15)4-6-11/h3-6H,7-8H2,1-2H3,(H,16,19)(H,17,18). The molecule has 0 radical (unpaired) electrons. The molecule has 0 atom stereocenters. The number of amides is 1. The molecule has 0 aliphatic heterocycles. The molecule has 130 valence electrons. The molecular weight excluding hydrogens is 357 g/mol. The Balaban J connectivity index is 2.14. The van der Waals surface area contributed by atoms with E-state index in [2.05, 4.69) is 15.0 Å². The van der Waals surface area contributed by atoms with Crippen molar-refractivity contribution in [3.05, 3.63) is 40.7 Å². The Bertz CT molecular complexity index is 819. The van der Waals surface area contributed by atoms with Crippen LogP contribution >= 0.6 is 11.3 Å². The van der Waals surface area contributed by atoms with Gasteiger partial charge in [-0.25, -0.2) is 17.8 Å². The summed E-state index contributed by atoms with van der Waals surface area (Å²) in [5.74, 6) is -0.886. The third-order valence-electron chi connectivity index (χ3n) is 2.94. The number of carbonyl (C=O) groups excluding carboxylic acids is 1. The van der Waals surface area contributed by atoms with Crippen LogP contribution in [0.1, 0.15) is 15.4 Å². The highest BCUT2D eigenvalue weighted by molar-refractivity contribution is 7.93. The summed E-state index contributed by atoms with van der Waals surface area (Å²) in [6, 6.07) is 4.40. The fourth-order valence-electron chi connectivity index (χ4n) is 1.79. The van der Waals surface area contributed by atoms with E-state index < -0.39 is 15.8 Å². The average molecular weight is 373 g/mol. The summed E-state index contributed by atoms with van der Waals surface area (Å²) in [7, 11) is -2.38. The Hall–Kier alpha value is -2.04. The molecule has 0 fully saturated rings. The van der Waals surface area contributed by atoms with Crippen molar-refractivity contribution in [3.8, 4) is 0 Å². The summed E-state index contributed by atoms with van der Waals surface area (Å²) in [4.78, 5) is 16.3. The molecule has 2 aromatic rings. The molecule has 7 nitrogen and oxygen atoms in total. The molecule has 10 heteroatoms. The second-order valence-electron chi connectivity index (χ2n) is 4.74. The van der Waals surface area contributed by atoms with Crippen molar-refractivity contribution in [3.63, 3.8) is 0 Å². The lowest BCUT2D eigenvalue weighted by Gasteiger charge is -2.04. The zero-order valence-electron chi connectivity index (χ0n) is 13.0. The number of halogens is 1. The zero-order chi connectivity index (χ0) is 17.7. The molecule has 1 heterocycles. The largest absolute Gasteiger partial charge is 0.383 e. The van der Waals surface area contributed by atoms with Crippen LogP contribution in [0.2, 0.25) is 0 Å². The van der Waals surface area contributed by atoms with Crippen LogP contribution in [0.3, 0.4) is 0 Å². The minimum absolute atomic E-state index is 0.0636. The van der Waals surface area contributed by atoms with E-state index in [1.165, 1.54) is 7.11 Å². The van der Waals surface area contributed by atoms with Gasteiger partial charge >= 0.3 is 0 Å². The predicted octanol–water partition coefficient (Wildman–Crippen LogP) is 1.77. The number of hydrogen-bond donors (Lipinski definition) is 2. The number of methoxy groups -OCH3 is 1. The number of anilines is 1. The SMILES string of the molecule is COCCNC(=O)c1sc(NS(=O)(=O)c2ccc(F)cc2)nc1C. The molecule has 0 bridgehead atoms. The zero-order valence-corrected chi connectivity index (χ0v) is 14.6. The topological polar surface area (TPSA) is 97.4 Å². The lowest BCUT2D eigenvalue weighted by molar-refractivity contribution is 0.0940. The number of ether oxygens (including phenoxy) is 1. The Morgan fingerprint density at radius 2 is 2.00 bits per heavy atom. The van der Waals surface area contributed by atoms with Crippen molar-refractivity contribution in [2.24, 2.45) is 0 Å². The summed E-state index contributed by atoms with van der Waals surface area (Å²) in [6.07, 6.45) is 0. The van der Waals surface area contributed by atoms with Crippen molar-refractivity contribution >= 4 is 32.4 Å². The smallest absolute Gasteiger partial charge is 0.263 e. The summed E-state index contributed by atoms with van der Waals surface area (Å²) in [5.41, 5.74) is 0.409. The highest BCUT2D eigenvalue weighted by Crippen LogP contribution is 2.25. The molecule has 0 aliphatic rings. The van der Waals surface area contributed by atoms with Crippen molar-refractivity contribution in [1.82, 2.24) is 10.3 Å². The van der Waals surface area contributed by atoms with Gasteiger partial charge in [0.15, 0.2) is 5.13 Å². The van der Waals surface area contributed by atoms with E-state index in [0.29, 0.717) is 23.7 Å². The van der Waals surface area contributed by atoms with Gasteiger partial charge in [0.2, 0.25) is 0 Å². The van der Waals surface area contributed by atoms with E-state index in [-0.39, 0.29) is 15.9 Å². The molecule has 1 amide bonds. The van der Waals surface area contributed by atoms with Gasteiger partial charge in [-0.05, 0) is 31.2 Å². The first-order valence-electron chi connectivity index (χ1n) is 6.86. The van der Waals surface area contributed by atoms with E-state index in [4.69, 9.17) is 4.74 Å². The molecule has 1 aromatic carbocycles. The summed E-state index contributed by atoms with van der Waals surface area (Å²) < 4.78 is 44.5. The van der Waals surface area contributed by atoms with E-state index in [9.17, 15) is 17.6 Å². The van der Waals surface area contributed by atoms with Crippen LogP contribution in [0, 0.1) is 12.7 Å². The average Bonchev–Trinajstić information content (AvgIpc) is 2.87. The summed E-state index contributed by atoms with van der Waals surface area (Å²) in [5, 5.41) is 2.71. The maximum atomic E-state index is 12.9. The van der Waals surface area contributed by atoms with Gasteiger partial charge in [0.05, 0.1) is 17.2 Å². The van der Waals surface area contributed by atoms with Gasteiger partial charge in [0, 0.05) is 13.7 Å². The highest BCUT2D eigenvalue weighted by Gasteiger charge is 2.20. The summed E-state index contributed by atoms with van der Waals surface area (Å²) in [6.45, 7) is 2.31. The quantitative estimate of drug-likeness (QED) is 0.721. The minimum atomic E-state index is -3.90. The van der Waals surface area contributed by atoms with Crippen molar-refractivity contribution < 1.29 is 22.3 Å². The van der Waals surface area contributed by atoms with Gasteiger partial charge in [-0.15, -0.1) is 0 Å². The van der Waals surface area contributed by atoms with Crippen LogP contribution in [0.15, 0.2) is 29.2 Å². The predicted molar refractivity (Wildman–Crippen MR) is 88.3 cm³/mol. The van der Waals surface area contributed by atoms with E-state index in [0.717, 1.165) is 35.6 Å². The Morgan fingerprint density at radius 3 is 2.62 bits per heavy atom.